The topological polar surface area (TPSA) is 107 Å². The third-order valence-corrected chi connectivity index (χ3v) is 3.47. The van der Waals surface area contributed by atoms with Crippen LogP contribution in [-0.2, 0) is 9.53 Å². The van der Waals surface area contributed by atoms with Crippen molar-refractivity contribution in [3.8, 4) is 11.5 Å². The fraction of sp³-hybridized carbons (Fsp3) is 0.400. The van der Waals surface area contributed by atoms with Crippen LogP contribution in [0, 0.1) is 0 Å². The Hall–Kier alpha value is -2.05. The number of phenols is 2. The van der Waals surface area contributed by atoms with Crippen molar-refractivity contribution in [1.29, 1.82) is 0 Å². The molecule has 1 aliphatic carbocycles. The van der Waals surface area contributed by atoms with Crippen molar-refractivity contribution in [2.75, 3.05) is 0 Å². The quantitative estimate of drug-likeness (QED) is 0.289. The first-order valence-corrected chi connectivity index (χ1v) is 6.74. The van der Waals surface area contributed by atoms with Gasteiger partial charge in [0.1, 0.15) is 6.10 Å². The molecule has 1 aliphatic rings. The van der Waals surface area contributed by atoms with E-state index < -0.39 is 17.9 Å². The zero-order valence-electron chi connectivity index (χ0n) is 11.4. The molecule has 0 saturated heterocycles. The van der Waals surface area contributed by atoms with Crippen molar-refractivity contribution in [2.24, 2.45) is 0 Å². The van der Waals surface area contributed by atoms with Gasteiger partial charge in [0.2, 0.25) is 5.79 Å². The third kappa shape index (κ3) is 3.74. The Morgan fingerprint density at radius 2 is 2.05 bits per heavy atom. The summed E-state index contributed by atoms with van der Waals surface area (Å²) < 4.78 is 4.93. The molecule has 0 heterocycles. The number of aliphatic hydroxyl groups excluding tert-OH is 1. The van der Waals surface area contributed by atoms with Crippen LogP contribution in [0.15, 0.2) is 24.3 Å². The summed E-state index contributed by atoms with van der Waals surface area (Å²) in [6, 6.07) is 4.07. The predicted octanol–water partition coefficient (Wildman–Crippen LogP) is 1.28. The minimum Gasteiger partial charge on any atom is -0.504 e. The third-order valence-electron chi connectivity index (χ3n) is 3.47. The van der Waals surface area contributed by atoms with Crippen LogP contribution in [0.5, 0.6) is 11.5 Å². The van der Waals surface area contributed by atoms with Crippen LogP contribution < -0.4 is 0 Å². The van der Waals surface area contributed by atoms with Crippen molar-refractivity contribution in [2.45, 2.75) is 37.6 Å². The van der Waals surface area contributed by atoms with E-state index >= 15 is 0 Å². The Morgan fingerprint density at radius 1 is 1.29 bits per heavy atom. The SMILES string of the molecule is O=C(/C=C\c1ccc(O)c(O)c1)OC1(O)CCCCC1O. The molecule has 1 aromatic rings. The number of hydrogen-bond donors (Lipinski definition) is 4. The average Bonchev–Trinajstić information content (AvgIpc) is 2.44. The van der Waals surface area contributed by atoms with Crippen LogP contribution >= 0.6 is 0 Å². The Labute approximate surface area is 121 Å². The molecule has 6 heteroatoms. The van der Waals surface area contributed by atoms with Crippen LogP contribution in [0.4, 0.5) is 0 Å². The maximum absolute atomic E-state index is 11.7. The maximum Gasteiger partial charge on any atom is 0.333 e. The number of ether oxygens (including phenoxy) is 1. The van der Waals surface area contributed by atoms with Gasteiger partial charge in [-0.2, -0.15) is 0 Å². The van der Waals surface area contributed by atoms with Crippen molar-refractivity contribution < 1.29 is 30.0 Å². The lowest BCUT2D eigenvalue weighted by molar-refractivity contribution is -0.255. The number of phenolic OH excluding ortho intramolecular Hbond substituents is 2. The lowest BCUT2D eigenvalue weighted by Crippen LogP contribution is -2.48. The van der Waals surface area contributed by atoms with Crippen LogP contribution in [0.3, 0.4) is 0 Å². The Balaban J connectivity index is 2.00. The molecule has 0 aromatic heterocycles. The molecule has 2 atom stereocenters. The number of hydrogen-bond acceptors (Lipinski definition) is 6. The second-order valence-electron chi connectivity index (χ2n) is 5.11. The lowest BCUT2D eigenvalue weighted by atomic mass is 9.91. The van der Waals surface area contributed by atoms with Gasteiger partial charge in [-0.3, -0.25) is 0 Å². The number of benzene rings is 1. The van der Waals surface area contributed by atoms with E-state index in [-0.39, 0.29) is 17.9 Å². The first kappa shape index (κ1) is 15.3. The molecule has 1 saturated carbocycles. The minimum absolute atomic E-state index is 0.202. The fourth-order valence-electron chi connectivity index (χ4n) is 2.24. The van der Waals surface area contributed by atoms with Gasteiger partial charge < -0.3 is 25.2 Å². The monoisotopic (exact) mass is 294 g/mol. The predicted molar refractivity (Wildman–Crippen MR) is 74.3 cm³/mol. The van der Waals surface area contributed by atoms with Crippen LogP contribution in [0.1, 0.15) is 31.2 Å². The highest BCUT2D eigenvalue weighted by Crippen LogP contribution is 2.30. The Bertz CT molecular complexity index is 553. The Kier molecular flexibility index (Phi) is 4.50. The molecule has 2 unspecified atom stereocenters. The second kappa shape index (κ2) is 6.15. The summed E-state index contributed by atoms with van der Waals surface area (Å²) in [6.45, 7) is 0. The first-order chi connectivity index (χ1) is 9.90. The lowest BCUT2D eigenvalue weighted by Gasteiger charge is -2.35. The van der Waals surface area contributed by atoms with Crippen molar-refractivity contribution in [1.82, 2.24) is 0 Å². The molecule has 4 N–H and O–H groups in total. The van der Waals surface area contributed by atoms with Gasteiger partial charge in [0.15, 0.2) is 11.5 Å². The van der Waals surface area contributed by atoms with E-state index in [4.69, 9.17) is 4.74 Å². The molecular formula is C15H18O6. The van der Waals surface area contributed by atoms with E-state index in [2.05, 4.69) is 0 Å². The van der Waals surface area contributed by atoms with E-state index in [1.54, 1.807) is 0 Å². The van der Waals surface area contributed by atoms with Gasteiger partial charge in [0, 0.05) is 12.5 Å². The summed E-state index contributed by atoms with van der Waals surface area (Å²) in [6.07, 6.45) is 3.43. The number of carbonyl (C=O) groups excluding carboxylic acids is 1. The number of esters is 1. The van der Waals surface area contributed by atoms with Gasteiger partial charge in [-0.25, -0.2) is 4.79 Å². The molecular weight excluding hydrogens is 276 g/mol. The number of aromatic hydroxyl groups is 2. The zero-order valence-corrected chi connectivity index (χ0v) is 11.4. The molecule has 0 bridgehead atoms. The summed E-state index contributed by atoms with van der Waals surface area (Å²) >= 11 is 0. The molecule has 1 aromatic carbocycles. The summed E-state index contributed by atoms with van der Waals surface area (Å²) in [7, 11) is 0. The first-order valence-electron chi connectivity index (χ1n) is 6.74. The number of carbonyl (C=O) groups is 1. The smallest absolute Gasteiger partial charge is 0.333 e. The molecule has 2 rings (SSSR count). The van der Waals surface area contributed by atoms with Gasteiger partial charge in [0.25, 0.3) is 0 Å². The van der Waals surface area contributed by atoms with Gasteiger partial charge >= 0.3 is 5.97 Å². The number of rotatable bonds is 3. The highest BCUT2D eigenvalue weighted by Gasteiger charge is 2.41. The van der Waals surface area contributed by atoms with E-state index in [9.17, 15) is 25.2 Å². The average molecular weight is 294 g/mol. The Morgan fingerprint density at radius 3 is 2.71 bits per heavy atom. The van der Waals surface area contributed by atoms with Gasteiger partial charge in [-0.1, -0.05) is 12.5 Å². The molecule has 21 heavy (non-hydrogen) atoms. The van der Waals surface area contributed by atoms with Gasteiger partial charge in [-0.05, 0) is 36.6 Å². The normalized spacial score (nSPS) is 25.9. The zero-order chi connectivity index (χ0) is 15.5. The van der Waals surface area contributed by atoms with Crippen molar-refractivity contribution in [3.05, 3.63) is 29.8 Å². The van der Waals surface area contributed by atoms with Crippen molar-refractivity contribution >= 4 is 12.0 Å². The largest absolute Gasteiger partial charge is 0.504 e. The second-order valence-corrected chi connectivity index (χ2v) is 5.11. The van der Waals surface area contributed by atoms with Crippen LogP contribution in [0.25, 0.3) is 6.08 Å². The van der Waals surface area contributed by atoms with Crippen LogP contribution in [0.2, 0.25) is 0 Å². The molecule has 0 spiro atoms. The summed E-state index contributed by atoms with van der Waals surface area (Å²) in [5.74, 6) is -3.18. The molecule has 0 aliphatic heterocycles. The van der Waals surface area contributed by atoms with Crippen LogP contribution in [-0.4, -0.2) is 38.3 Å². The van der Waals surface area contributed by atoms with E-state index in [0.717, 1.165) is 12.5 Å². The summed E-state index contributed by atoms with van der Waals surface area (Å²) in [5.41, 5.74) is 0.485. The van der Waals surface area contributed by atoms with E-state index in [1.165, 1.54) is 24.3 Å². The maximum atomic E-state index is 11.7. The van der Waals surface area contributed by atoms with Gasteiger partial charge in [0.05, 0.1) is 0 Å². The molecule has 6 nitrogen and oxygen atoms in total. The minimum atomic E-state index is -1.84. The van der Waals surface area contributed by atoms with E-state index in [1.807, 2.05) is 0 Å². The van der Waals surface area contributed by atoms with E-state index in [0.29, 0.717) is 18.4 Å². The standard InChI is InChI=1S/C15H18O6/c16-11-6-4-10(9-12(11)17)5-7-14(19)21-15(20)8-2-1-3-13(15)18/h4-7,9,13,16-18,20H,1-3,8H2/b7-5-. The molecule has 0 radical (unpaired) electrons. The number of aliphatic hydroxyl groups is 2. The van der Waals surface area contributed by atoms with Gasteiger partial charge in [-0.15, -0.1) is 0 Å². The highest BCUT2D eigenvalue weighted by molar-refractivity contribution is 5.87. The molecule has 1 fully saturated rings. The van der Waals surface area contributed by atoms with Crippen molar-refractivity contribution in [3.63, 3.8) is 0 Å². The summed E-state index contributed by atoms with van der Waals surface area (Å²) in [5, 5.41) is 38.3. The molecule has 0 amide bonds. The summed E-state index contributed by atoms with van der Waals surface area (Å²) in [4.78, 5) is 11.7. The molecule has 114 valence electrons. The highest BCUT2D eigenvalue weighted by atomic mass is 16.7. The fourth-order valence-corrected chi connectivity index (χ4v) is 2.24.